The first-order valence-electron chi connectivity index (χ1n) is 1.36. The van der Waals surface area contributed by atoms with E-state index >= 15 is 0 Å². The minimum atomic E-state index is -3.46. The van der Waals surface area contributed by atoms with Crippen LogP contribution in [0.3, 0.4) is 0 Å². The lowest BCUT2D eigenvalue weighted by Crippen LogP contribution is -2.02. The largest absolute Gasteiger partial charge is 0.357 e. The van der Waals surface area contributed by atoms with Crippen LogP contribution in [0.25, 0.3) is 0 Å². The molecular formula is C3H2Cl2F2. The van der Waals surface area contributed by atoms with Gasteiger partial charge in [0.2, 0.25) is 0 Å². The Kier molecular flexibility index (Phi) is 2.02. The average molecular weight is 147 g/mol. The Morgan fingerprint density at radius 3 is 1.71 bits per heavy atom. The minimum absolute atomic E-state index is 0.853. The van der Waals surface area contributed by atoms with Gasteiger partial charge in [0, 0.05) is 0 Å². The summed E-state index contributed by atoms with van der Waals surface area (Å²) in [4.78, 5) is 0. The molecule has 0 aliphatic rings. The SMILES string of the molecule is C=C(Cl)C(F)(F)Cl. The molecule has 0 aromatic carbocycles. The van der Waals surface area contributed by atoms with Gasteiger partial charge in [-0.1, -0.05) is 18.2 Å². The van der Waals surface area contributed by atoms with Crippen molar-refractivity contribution < 1.29 is 8.78 Å². The van der Waals surface area contributed by atoms with Gasteiger partial charge in [0.15, 0.2) is 0 Å². The molecule has 0 aromatic heterocycles. The first kappa shape index (κ1) is 7.18. The molecule has 0 aromatic rings. The summed E-state index contributed by atoms with van der Waals surface area (Å²) >= 11 is 8.98. The fourth-order valence-electron chi connectivity index (χ4n) is 0. The summed E-state index contributed by atoms with van der Waals surface area (Å²) in [6, 6.07) is 0. The summed E-state index contributed by atoms with van der Waals surface area (Å²) in [5.41, 5.74) is 0. The Hall–Kier alpha value is 0.180. The number of halogens is 4. The Morgan fingerprint density at radius 1 is 1.57 bits per heavy atom. The smallest absolute Gasteiger partial charge is 0.182 e. The van der Waals surface area contributed by atoms with Crippen LogP contribution in [0.1, 0.15) is 0 Å². The van der Waals surface area contributed by atoms with Crippen LogP contribution in [0, 0.1) is 0 Å². The highest BCUT2D eigenvalue weighted by Gasteiger charge is 2.27. The lowest BCUT2D eigenvalue weighted by molar-refractivity contribution is 0.148. The van der Waals surface area contributed by atoms with Crippen molar-refractivity contribution in [3.63, 3.8) is 0 Å². The maximum atomic E-state index is 11.4. The standard InChI is InChI=1S/C3H2Cl2F2/c1-2(4)3(5,6)7/h1H2. The molecule has 0 rings (SSSR count). The van der Waals surface area contributed by atoms with E-state index in [1.807, 2.05) is 0 Å². The molecule has 0 N–H and O–H groups in total. The number of hydrogen-bond acceptors (Lipinski definition) is 0. The van der Waals surface area contributed by atoms with Crippen LogP contribution in [-0.4, -0.2) is 5.38 Å². The maximum Gasteiger partial charge on any atom is 0.357 e. The number of allylic oxidation sites excluding steroid dienone is 1. The summed E-state index contributed by atoms with van der Waals surface area (Å²) in [6.07, 6.45) is 0. The van der Waals surface area contributed by atoms with E-state index in [4.69, 9.17) is 0 Å². The van der Waals surface area contributed by atoms with E-state index in [1.165, 1.54) is 0 Å². The highest BCUT2D eigenvalue weighted by molar-refractivity contribution is 6.37. The monoisotopic (exact) mass is 146 g/mol. The Balaban J connectivity index is 3.79. The Labute approximate surface area is 49.7 Å². The summed E-state index contributed by atoms with van der Waals surface area (Å²) in [5, 5.41) is -4.31. The molecule has 0 spiro atoms. The van der Waals surface area contributed by atoms with E-state index < -0.39 is 10.4 Å². The van der Waals surface area contributed by atoms with Crippen molar-refractivity contribution in [1.82, 2.24) is 0 Å². The molecule has 0 amide bonds. The van der Waals surface area contributed by atoms with E-state index in [1.54, 1.807) is 0 Å². The molecule has 0 radical (unpaired) electrons. The van der Waals surface area contributed by atoms with Crippen LogP contribution >= 0.6 is 23.2 Å². The van der Waals surface area contributed by atoms with Gasteiger partial charge in [-0.15, -0.1) is 0 Å². The van der Waals surface area contributed by atoms with Crippen molar-refractivity contribution >= 4 is 23.2 Å². The van der Waals surface area contributed by atoms with E-state index in [0.29, 0.717) is 0 Å². The number of rotatable bonds is 1. The molecule has 0 heterocycles. The van der Waals surface area contributed by atoms with Gasteiger partial charge in [0.1, 0.15) is 0 Å². The second kappa shape index (κ2) is 1.97. The average Bonchev–Trinajstić information content (AvgIpc) is 1.31. The summed E-state index contributed by atoms with van der Waals surface area (Å²) < 4.78 is 22.8. The van der Waals surface area contributed by atoms with Crippen LogP contribution in [-0.2, 0) is 0 Å². The van der Waals surface area contributed by atoms with Gasteiger partial charge in [-0.2, -0.15) is 8.78 Å². The van der Waals surface area contributed by atoms with Crippen LogP contribution < -0.4 is 0 Å². The van der Waals surface area contributed by atoms with Gasteiger partial charge in [0.05, 0.1) is 5.03 Å². The number of alkyl halides is 3. The first-order chi connectivity index (χ1) is 2.94. The third kappa shape index (κ3) is 2.83. The molecule has 0 aliphatic carbocycles. The van der Waals surface area contributed by atoms with Crippen molar-refractivity contribution in [3.05, 3.63) is 11.6 Å². The topological polar surface area (TPSA) is 0 Å². The van der Waals surface area contributed by atoms with Gasteiger partial charge in [0.25, 0.3) is 0 Å². The van der Waals surface area contributed by atoms with Gasteiger partial charge >= 0.3 is 5.38 Å². The van der Waals surface area contributed by atoms with Crippen LogP contribution in [0.4, 0.5) is 8.78 Å². The first-order valence-corrected chi connectivity index (χ1v) is 2.12. The summed E-state index contributed by atoms with van der Waals surface area (Å²) in [7, 11) is 0. The molecule has 4 heteroatoms. The second-order valence-electron chi connectivity index (χ2n) is 0.903. The Bertz CT molecular complexity index is 83.4. The highest BCUT2D eigenvalue weighted by atomic mass is 35.5. The molecule has 42 valence electrons. The predicted octanol–water partition coefficient (Wildman–Crippen LogP) is 2.57. The molecule has 0 nitrogen and oxygen atoms in total. The summed E-state index contributed by atoms with van der Waals surface area (Å²) in [6.45, 7) is 2.71. The van der Waals surface area contributed by atoms with Crippen LogP contribution in [0.5, 0.6) is 0 Å². The van der Waals surface area contributed by atoms with Crippen molar-refractivity contribution in [2.45, 2.75) is 5.38 Å². The van der Waals surface area contributed by atoms with Gasteiger partial charge in [-0.05, 0) is 11.6 Å². The van der Waals surface area contributed by atoms with E-state index in [-0.39, 0.29) is 0 Å². The molecule has 0 unspecified atom stereocenters. The molecule has 0 aliphatic heterocycles. The zero-order valence-electron chi connectivity index (χ0n) is 3.22. The van der Waals surface area contributed by atoms with Crippen LogP contribution in [0.15, 0.2) is 11.6 Å². The quantitative estimate of drug-likeness (QED) is 0.500. The molecule has 0 fully saturated rings. The van der Waals surface area contributed by atoms with Gasteiger partial charge in [-0.3, -0.25) is 0 Å². The van der Waals surface area contributed by atoms with Gasteiger partial charge in [-0.25, -0.2) is 0 Å². The molecule has 0 bridgehead atoms. The third-order valence-corrected chi connectivity index (χ3v) is 0.870. The predicted molar refractivity (Wildman–Crippen MR) is 25.8 cm³/mol. The normalized spacial score (nSPS) is 11.4. The van der Waals surface area contributed by atoms with Crippen molar-refractivity contribution in [2.24, 2.45) is 0 Å². The Morgan fingerprint density at radius 2 is 1.71 bits per heavy atom. The zero-order chi connectivity index (χ0) is 6.08. The fraction of sp³-hybridized carbons (Fsp3) is 0.333. The van der Waals surface area contributed by atoms with Crippen molar-refractivity contribution in [2.75, 3.05) is 0 Å². The molecule has 0 saturated heterocycles. The minimum Gasteiger partial charge on any atom is -0.182 e. The molecule has 7 heavy (non-hydrogen) atoms. The van der Waals surface area contributed by atoms with Crippen molar-refractivity contribution in [1.29, 1.82) is 0 Å². The van der Waals surface area contributed by atoms with E-state index in [9.17, 15) is 8.78 Å². The molecular weight excluding hydrogens is 145 g/mol. The molecule has 0 atom stereocenters. The lowest BCUT2D eigenvalue weighted by atomic mass is 10.7. The van der Waals surface area contributed by atoms with E-state index in [2.05, 4.69) is 29.8 Å². The number of hydrogen-bond donors (Lipinski definition) is 0. The van der Waals surface area contributed by atoms with E-state index in [0.717, 1.165) is 0 Å². The lowest BCUT2D eigenvalue weighted by Gasteiger charge is -2.00. The highest BCUT2D eigenvalue weighted by Crippen LogP contribution is 2.29. The second-order valence-corrected chi connectivity index (χ2v) is 1.83. The maximum absolute atomic E-state index is 11.4. The molecule has 0 saturated carbocycles. The zero-order valence-corrected chi connectivity index (χ0v) is 4.73. The fourth-order valence-corrected chi connectivity index (χ4v) is 0. The summed E-state index contributed by atoms with van der Waals surface area (Å²) in [5.74, 6) is 0. The van der Waals surface area contributed by atoms with Crippen molar-refractivity contribution in [3.8, 4) is 0 Å². The van der Waals surface area contributed by atoms with Gasteiger partial charge < -0.3 is 0 Å². The third-order valence-electron chi connectivity index (χ3n) is 0.308. The van der Waals surface area contributed by atoms with Crippen LogP contribution in [0.2, 0.25) is 0 Å².